The lowest BCUT2D eigenvalue weighted by Crippen LogP contribution is -2.22. The third kappa shape index (κ3) is 6.90. The van der Waals surface area contributed by atoms with Crippen molar-refractivity contribution in [3.8, 4) is 0 Å². The third-order valence-corrected chi connectivity index (χ3v) is 12.5. The maximum atomic E-state index is 14.5. The van der Waals surface area contributed by atoms with E-state index in [1.807, 2.05) is 13.0 Å². The van der Waals surface area contributed by atoms with Gasteiger partial charge in [-0.2, -0.15) is 0 Å². The Morgan fingerprint density at radius 2 is 1.70 bits per heavy atom. The second-order valence-corrected chi connectivity index (χ2v) is 16.5. The van der Waals surface area contributed by atoms with Gasteiger partial charge in [0, 0.05) is 74.1 Å². The fourth-order valence-corrected chi connectivity index (χ4v) is 9.06. The molecule has 0 aromatic carbocycles. The molecule has 7 rings (SSSR count). The maximum Gasteiger partial charge on any atom is 0.384 e. The van der Waals surface area contributed by atoms with Crippen LogP contribution < -0.4 is 16.0 Å². The van der Waals surface area contributed by atoms with Crippen molar-refractivity contribution in [1.29, 1.82) is 0 Å². The number of aromatic amines is 3. The number of esters is 1. The maximum absolute atomic E-state index is 14.5. The number of nitrogens with one attached hydrogen (secondary N) is 4. The van der Waals surface area contributed by atoms with E-state index in [-0.39, 0.29) is 23.6 Å². The van der Waals surface area contributed by atoms with Crippen LogP contribution in [0.2, 0.25) is 0 Å². The third-order valence-electron chi connectivity index (χ3n) is 12.5. The molecular formula is C45H59N4O5+. The summed E-state index contributed by atoms with van der Waals surface area (Å²) in [7, 11) is 1.80. The molecule has 9 heteroatoms. The molecule has 0 amide bonds. The molecule has 3 aliphatic heterocycles. The average Bonchev–Trinajstić information content (AvgIpc) is 3.35. The van der Waals surface area contributed by atoms with Crippen LogP contribution in [0, 0.1) is 50.4 Å². The molecule has 0 saturated carbocycles. The van der Waals surface area contributed by atoms with E-state index in [2.05, 4.69) is 98.1 Å². The molecule has 1 unspecified atom stereocenters. The smallest absolute Gasteiger partial charge is 0.384 e. The van der Waals surface area contributed by atoms with E-state index in [1.165, 1.54) is 24.0 Å². The van der Waals surface area contributed by atoms with Gasteiger partial charge in [-0.1, -0.05) is 66.5 Å². The topological polar surface area (TPSA) is 118 Å². The Morgan fingerprint density at radius 1 is 0.981 bits per heavy atom. The van der Waals surface area contributed by atoms with Gasteiger partial charge in [0.2, 0.25) is 0 Å². The van der Waals surface area contributed by atoms with Gasteiger partial charge in [-0.05, 0) is 97.2 Å². The highest BCUT2D eigenvalue weighted by molar-refractivity contribution is 6.16. The van der Waals surface area contributed by atoms with Gasteiger partial charge in [-0.25, -0.2) is 4.52 Å². The van der Waals surface area contributed by atoms with Crippen molar-refractivity contribution in [2.75, 3.05) is 13.7 Å². The van der Waals surface area contributed by atoms with Gasteiger partial charge in [-0.15, -0.1) is 0 Å². The summed E-state index contributed by atoms with van der Waals surface area (Å²) in [5.41, 5.74) is 12.9. The van der Waals surface area contributed by atoms with Crippen LogP contribution in [0.1, 0.15) is 134 Å². The summed E-state index contributed by atoms with van der Waals surface area (Å²) in [5, 5.41) is 5.90. The molecule has 9 nitrogen and oxygen atoms in total. The molecule has 5 atom stereocenters. The Morgan fingerprint density at radius 3 is 2.39 bits per heavy atom. The molecule has 0 spiro atoms. The van der Waals surface area contributed by atoms with E-state index in [9.17, 15) is 9.59 Å². The van der Waals surface area contributed by atoms with Crippen molar-refractivity contribution < 1.29 is 23.7 Å². The van der Waals surface area contributed by atoms with Crippen LogP contribution in [0.3, 0.4) is 0 Å². The summed E-state index contributed by atoms with van der Waals surface area (Å²) in [5.74, 6) is 0.554. The number of aromatic nitrogens is 3. The number of H-pyrrole nitrogens is 3. The van der Waals surface area contributed by atoms with Crippen LogP contribution in [0.25, 0.3) is 29.9 Å². The van der Waals surface area contributed by atoms with Crippen molar-refractivity contribution in [3.05, 3.63) is 84.8 Å². The summed E-state index contributed by atoms with van der Waals surface area (Å²) in [6.07, 6.45) is 14.2. The first-order valence-electron chi connectivity index (χ1n) is 20.1. The fraction of sp³-hybridized carbons (Fsp3) is 0.511. The molecule has 54 heavy (non-hydrogen) atoms. The quantitative estimate of drug-likeness (QED) is 0.0618. The van der Waals surface area contributed by atoms with Crippen LogP contribution in [-0.2, 0) is 25.4 Å². The van der Waals surface area contributed by atoms with Crippen LogP contribution in [0.4, 0.5) is 0 Å². The fourth-order valence-electron chi connectivity index (χ4n) is 9.06. The lowest BCUT2D eigenvalue weighted by molar-refractivity contribution is -0.144. The van der Waals surface area contributed by atoms with Crippen molar-refractivity contribution in [2.24, 2.45) is 29.6 Å². The minimum Gasteiger partial charge on any atom is -0.466 e. The van der Waals surface area contributed by atoms with Gasteiger partial charge in [0.15, 0.2) is 18.8 Å². The standard InChI is InChI=1S/C45H58N4O5/c1-11-29-25(6)32-20-34-27(8)31(16-17-38(50)52-19-18-24(5)15-13-14-23(3)4)42(48-34)40-41(45-53-54(45)10)44(51)39-28(9)35(49-43(39)40)22-37-30(12-2)26(7)33(47-37)21-36(29)46-32/h11,20-24,27,31,41,45-47H,1,12-19H2,2-10H3,(H-,48,49,51)/p+1/b33-21-,34-20-,37-22-/t24-,27+,31+,41-,45?/m1/s1. The van der Waals surface area contributed by atoms with Gasteiger partial charge in [0.05, 0.1) is 12.3 Å². The van der Waals surface area contributed by atoms with Crippen LogP contribution in [-0.4, -0.2) is 46.7 Å². The Balaban J connectivity index is 1.31. The number of carbonyl (C=O) groups is 2. The lowest BCUT2D eigenvalue weighted by atomic mass is 9.85. The van der Waals surface area contributed by atoms with Gasteiger partial charge in [-0.3, -0.25) is 9.59 Å². The number of fused-ring (bicyclic) bond motifs is 7. The molecule has 3 aromatic rings. The van der Waals surface area contributed by atoms with E-state index in [0.29, 0.717) is 36.8 Å². The predicted octanol–water partition coefficient (Wildman–Crippen LogP) is 7.82. The van der Waals surface area contributed by atoms with Crippen LogP contribution >= 0.6 is 0 Å². The zero-order valence-electron chi connectivity index (χ0n) is 33.7. The number of hydrogen-bond donors (Lipinski definition) is 4. The number of Topliss-reactive ketones (excluding diaryl/α,β-unsaturated/α-hetero) is 1. The molecule has 2 fully saturated rings. The largest absolute Gasteiger partial charge is 0.466 e. The minimum atomic E-state index is -0.528. The number of ether oxygens (including phenoxy) is 1. The number of hydrogen-bond acceptors (Lipinski definition) is 5. The van der Waals surface area contributed by atoms with Gasteiger partial charge >= 0.3 is 12.3 Å². The monoisotopic (exact) mass is 735 g/mol. The second kappa shape index (κ2) is 15.1. The highest BCUT2D eigenvalue weighted by atomic mass is 17.5. The summed E-state index contributed by atoms with van der Waals surface area (Å²) in [6, 6.07) is 0. The molecule has 4 N–H and O–H groups in total. The highest BCUT2D eigenvalue weighted by Gasteiger charge is 2.62. The summed E-state index contributed by atoms with van der Waals surface area (Å²) in [6.45, 7) is 22.1. The Kier molecular flexibility index (Phi) is 10.6. The van der Waals surface area contributed by atoms with Gasteiger partial charge in [0.25, 0.3) is 0 Å². The van der Waals surface area contributed by atoms with Crippen molar-refractivity contribution >= 4 is 41.6 Å². The SMILES string of the molecule is C=Cc1c2[nH]c(c1C)/C=C1\N/C(=C3\c4[nH]c(c(C)c4C(=O)[C@@H]3C3O[O+]3C)/C=c3\[nH]/c(c(C)c3CC)=C\2)[C@@H](CCC(=O)OCC[C@H](C)CCCC(C)C)[C@@H]1C. The summed E-state index contributed by atoms with van der Waals surface area (Å²) in [4.78, 5) is 44.8. The molecule has 6 heterocycles. The number of allylic oxidation sites excluding steroid dienone is 2. The molecule has 0 radical (unpaired) electrons. The van der Waals surface area contributed by atoms with Crippen molar-refractivity contribution in [1.82, 2.24) is 20.3 Å². The molecular weight excluding hydrogens is 677 g/mol. The Labute approximate surface area is 319 Å². The van der Waals surface area contributed by atoms with Crippen molar-refractivity contribution in [3.63, 3.8) is 0 Å². The second-order valence-electron chi connectivity index (χ2n) is 16.5. The van der Waals surface area contributed by atoms with Gasteiger partial charge in [0.1, 0.15) is 0 Å². The number of carbonyl (C=O) groups excluding carboxylic acids is 2. The van der Waals surface area contributed by atoms with Crippen LogP contribution in [0.15, 0.2) is 18.0 Å². The highest BCUT2D eigenvalue weighted by Crippen LogP contribution is 2.52. The summed E-state index contributed by atoms with van der Waals surface area (Å²) >= 11 is 0. The molecule has 8 bridgehead atoms. The number of rotatable bonds is 13. The van der Waals surface area contributed by atoms with E-state index < -0.39 is 12.2 Å². The van der Waals surface area contributed by atoms with Crippen molar-refractivity contribution in [2.45, 2.75) is 107 Å². The lowest BCUT2D eigenvalue weighted by Gasteiger charge is -2.19. The first-order chi connectivity index (χ1) is 25.8. The zero-order chi connectivity index (χ0) is 38.6. The average molecular weight is 736 g/mol. The minimum absolute atomic E-state index is 0.0339. The first-order valence-corrected chi connectivity index (χ1v) is 20.1. The Hall–Kier alpha value is -4.34. The van der Waals surface area contributed by atoms with E-state index in [0.717, 1.165) is 86.4 Å². The summed E-state index contributed by atoms with van der Waals surface area (Å²) < 4.78 is 8.47. The van der Waals surface area contributed by atoms with E-state index in [4.69, 9.17) is 9.62 Å². The normalized spacial score (nSPS) is 25.8. The van der Waals surface area contributed by atoms with Gasteiger partial charge < -0.3 is 25.0 Å². The molecule has 1 aliphatic carbocycles. The zero-order valence-corrected chi connectivity index (χ0v) is 33.7. The first kappa shape index (κ1) is 38.0. The molecule has 3 aromatic heterocycles. The molecule has 4 aliphatic rings. The van der Waals surface area contributed by atoms with E-state index in [1.54, 1.807) is 7.11 Å². The van der Waals surface area contributed by atoms with E-state index >= 15 is 0 Å². The van der Waals surface area contributed by atoms with Crippen LogP contribution in [0.5, 0.6) is 0 Å². The Bertz CT molecular complexity index is 2170. The molecule has 288 valence electrons. The number of ketones is 1. The predicted molar refractivity (Wildman–Crippen MR) is 215 cm³/mol. The molecule has 2 saturated heterocycles.